The van der Waals surface area contributed by atoms with Crippen LogP contribution in [0.4, 0.5) is 0 Å². The van der Waals surface area contributed by atoms with Crippen LogP contribution in [0.3, 0.4) is 0 Å². The zero-order chi connectivity index (χ0) is 42.3. The molecule has 16 heteroatoms. The van der Waals surface area contributed by atoms with Crippen molar-refractivity contribution in [1.82, 2.24) is 31.9 Å². The van der Waals surface area contributed by atoms with Crippen LogP contribution in [0.2, 0.25) is 0 Å². The number of ether oxygens (including phenoxy) is 3. The number of aromatic hydroxyl groups is 1. The van der Waals surface area contributed by atoms with Gasteiger partial charge in [-0.1, -0.05) is 23.3 Å². The quantitative estimate of drug-likeness (QED) is 0.0242. The Balaban J connectivity index is 1.87. The van der Waals surface area contributed by atoms with Crippen molar-refractivity contribution in [2.45, 2.75) is 52.7 Å². The Morgan fingerprint density at radius 1 is 0.672 bits per heavy atom. The average molecular weight is 815 g/mol. The van der Waals surface area contributed by atoms with Crippen molar-refractivity contribution in [3.63, 3.8) is 0 Å². The number of rotatable bonds is 31. The molecule has 0 aliphatic rings. The van der Waals surface area contributed by atoms with Crippen molar-refractivity contribution in [2.75, 3.05) is 112 Å². The highest BCUT2D eigenvalue weighted by molar-refractivity contribution is 5.98. The predicted octanol–water partition coefficient (Wildman–Crippen LogP) is 0.612. The molecule has 0 amide bonds. The van der Waals surface area contributed by atoms with E-state index in [0.717, 1.165) is 63.5 Å². The molecule has 13 N–H and O–H groups in total. The minimum Gasteiger partial charge on any atom is -0.507 e. The smallest absolute Gasteiger partial charge is 0.204 e. The molecule has 0 saturated heterocycles. The standard InChI is InChI=1S/C42H70N8O8/c1-28(2)6-8-32-34(56-26-30(51)24-49-20-18-47-16-14-45-12-10-43)22-36-39(40(32)53)41(54)38-33(9-7-29(3)4)42(55-5)37(23-35(38)58-36)57-27-31(52)25-50-21-19-48-17-15-46-13-11-44/h6-7,22-23,30-31,45-53H,8-21,24-27,43-44H2,1-5H3. The first-order valence-corrected chi connectivity index (χ1v) is 20.4. The van der Waals surface area contributed by atoms with Crippen molar-refractivity contribution in [3.8, 4) is 23.0 Å². The van der Waals surface area contributed by atoms with Gasteiger partial charge in [-0.25, -0.2) is 0 Å². The minimum absolute atomic E-state index is 0.0157. The number of phenolic OH excluding ortho intramolecular Hbond substituents is 1. The van der Waals surface area contributed by atoms with Crippen LogP contribution in [0.15, 0.2) is 44.6 Å². The van der Waals surface area contributed by atoms with Crippen LogP contribution < -0.4 is 63.0 Å². The largest absolute Gasteiger partial charge is 0.507 e. The van der Waals surface area contributed by atoms with E-state index in [9.17, 15) is 20.1 Å². The third-order valence-corrected chi connectivity index (χ3v) is 9.12. The third kappa shape index (κ3) is 16.1. The number of nitrogens with one attached hydrogen (secondary N) is 6. The molecular weight excluding hydrogens is 745 g/mol. The van der Waals surface area contributed by atoms with Crippen LogP contribution in [0.5, 0.6) is 23.0 Å². The van der Waals surface area contributed by atoms with Crippen LogP contribution >= 0.6 is 0 Å². The number of aliphatic hydroxyl groups excluding tert-OH is 2. The molecular formula is C42H70N8O8. The molecule has 0 aliphatic heterocycles. The molecule has 0 fully saturated rings. The van der Waals surface area contributed by atoms with Gasteiger partial charge in [0, 0.05) is 115 Å². The van der Waals surface area contributed by atoms with Gasteiger partial charge in [-0.15, -0.1) is 0 Å². The maximum absolute atomic E-state index is 14.5. The van der Waals surface area contributed by atoms with E-state index in [2.05, 4.69) is 31.9 Å². The number of benzene rings is 2. The van der Waals surface area contributed by atoms with Crippen molar-refractivity contribution in [3.05, 3.63) is 56.8 Å². The van der Waals surface area contributed by atoms with Gasteiger partial charge < -0.3 is 77.3 Å². The number of allylic oxidation sites excluding steroid dienone is 4. The first-order chi connectivity index (χ1) is 28.0. The third-order valence-electron chi connectivity index (χ3n) is 9.12. The summed E-state index contributed by atoms with van der Waals surface area (Å²) in [6.45, 7) is 17.2. The maximum atomic E-state index is 14.5. The molecule has 2 atom stereocenters. The highest BCUT2D eigenvalue weighted by atomic mass is 16.5. The van der Waals surface area contributed by atoms with Crippen LogP contribution in [0, 0.1) is 0 Å². The normalized spacial score (nSPS) is 12.5. The van der Waals surface area contributed by atoms with Crippen molar-refractivity contribution in [2.24, 2.45) is 11.5 Å². The molecule has 16 nitrogen and oxygen atoms in total. The van der Waals surface area contributed by atoms with Crippen LogP contribution in [-0.2, 0) is 12.8 Å². The summed E-state index contributed by atoms with van der Waals surface area (Å²) in [5.74, 6) is 0.683. The van der Waals surface area contributed by atoms with Crippen molar-refractivity contribution in [1.29, 1.82) is 0 Å². The Bertz CT molecular complexity index is 1790. The molecule has 0 bridgehead atoms. The molecule has 326 valence electrons. The highest BCUT2D eigenvalue weighted by Gasteiger charge is 2.25. The summed E-state index contributed by atoms with van der Waals surface area (Å²) in [4.78, 5) is 14.5. The summed E-state index contributed by atoms with van der Waals surface area (Å²) in [5.41, 5.74) is 13.9. The molecule has 3 aromatic rings. The number of phenols is 1. The summed E-state index contributed by atoms with van der Waals surface area (Å²) in [7, 11) is 1.50. The highest BCUT2D eigenvalue weighted by Crippen LogP contribution is 2.41. The predicted molar refractivity (Wildman–Crippen MR) is 233 cm³/mol. The van der Waals surface area contributed by atoms with Crippen LogP contribution in [0.25, 0.3) is 21.9 Å². The van der Waals surface area contributed by atoms with E-state index in [-0.39, 0.29) is 47.3 Å². The molecule has 3 rings (SSSR count). The van der Waals surface area contributed by atoms with Crippen LogP contribution in [0.1, 0.15) is 38.8 Å². The van der Waals surface area contributed by atoms with Crippen molar-refractivity contribution < 1.29 is 33.9 Å². The zero-order valence-corrected chi connectivity index (χ0v) is 35.2. The Labute approximate surface area is 343 Å². The minimum atomic E-state index is -0.842. The summed E-state index contributed by atoms with van der Waals surface area (Å²) in [6.07, 6.45) is 2.85. The number of fused-ring (bicyclic) bond motifs is 2. The van der Waals surface area contributed by atoms with E-state index >= 15 is 0 Å². The number of methoxy groups -OCH3 is 1. The molecule has 2 aromatic carbocycles. The Kier molecular flexibility index (Phi) is 22.6. The lowest BCUT2D eigenvalue weighted by Crippen LogP contribution is -2.37. The Hall–Kier alpha value is -3.81. The topological polar surface area (TPSA) is 243 Å². The molecule has 2 unspecified atom stereocenters. The van der Waals surface area contributed by atoms with E-state index in [1.807, 2.05) is 39.8 Å². The van der Waals surface area contributed by atoms with Gasteiger partial charge in [-0.3, -0.25) is 4.79 Å². The van der Waals surface area contributed by atoms with Crippen molar-refractivity contribution >= 4 is 21.9 Å². The van der Waals surface area contributed by atoms with Gasteiger partial charge in [-0.05, 0) is 40.5 Å². The summed E-state index contributed by atoms with van der Waals surface area (Å²) >= 11 is 0. The second-order valence-corrected chi connectivity index (χ2v) is 14.7. The van der Waals surface area contributed by atoms with E-state index < -0.39 is 17.6 Å². The number of nitrogens with two attached hydrogens (primary N) is 2. The SMILES string of the molecule is COc1c(OCC(O)CNCCNCCNCCN)cc2oc3cc(OCC(O)CNCCNCCNCCN)c(CC=C(C)C)c(O)c3c(=O)c2c1CC=C(C)C. The molecule has 1 heterocycles. The Morgan fingerprint density at radius 3 is 1.59 bits per heavy atom. The van der Waals surface area contributed by atoms with Crippen LogP contribution in [-0.4, -0.2) is 139 Å². The maximum Gasteiger partial charge on any atom is 0.204 e. The van der Waals surface area contributed by atoms with Gasteiger partial charge >= 0.3 is 0 Å². The molecule has 0 spiro atoms. The number of hydrogen-bond acceptors (Lipinski definition) is 16. The monoisotopic (exact) mass is 815 g/mol. The second-order valence-electron chi connectivity index (χ2n) is 14.7. The average Bonchev–Trinajstić information content (AvgIpc) is 3.19. The fourth-order valence-corrected chi connectivity index (χ4v) is 6.11. The lowest BCUT2D eigenvalue weighted by molar-refractivity contribution is 0.105. The van der Waals surface area contributed by atoms with E-state index in [4.69, 9.17) is 30.1 Å². The number of hydrogen-bond donors (Lipinski definition) is 11. The van der Waals surface area contributed by atoms with Gasteiger partial charge in [0.2, 0.25) is 5.43 Å². The summed E-state index contributed by atoms with van der Waals surface area (Å²) < 4.78 is 24.5. The van der Waals surface area contributed by atoms with Gasteiger partial charge in [-0.2, -0.15) is 0 Å². The second kappa shape index (κ2) is 27.0. The van der Waals surface area contributed by atoms with E-state index in [0.29, 0.717) is 74.1 Å². The first kappa shape index (κ1) is 48.6. The molecule has 0 saturated carbocycles. The first-order valence-electron chi connectivity index (χ1n) is 20.4. The molecule has 0 radical (unpaired) electrons. The fraction of sp³-hybridized carbons (Fsp3) is 0.595. The van der Waals surface area contributed by atoms with Gasteiger partial charge in [0.25, 0.3) is 0 Å². The van der Waals surface area contributed by atoms with E-state index in [1.54, 1.807) is 12.1 Å². The van der Waals surface area contributed by atoms with Gasteiger partial charge in [0.1, 0.15) is 53.5 Å². The lowest BCUT2D eigenvalue weighted by atomic mass is 9.98. The fourth-order valence-electron chi connectivity index (χ4n) is 6.11. The van der Waals surface area contributed by atoms with Gasteiger partial charge in [0.05, 0.1) is 12.5 Å². The summed E-state index contributed by atoms with van der Waals surface area (Å²) in [6, 6.07) is 3.17. The molecule has 58 heavy (non-hydrogen) atoms. The summed E-state index contributed by atoms with van der Waals surface area (Å²) in [5, 5.41) is 53.1. The Morgan fingerprint density at radius 2 is 1.10 bits per heavy atom. The van der Waals surface area contributed by atoms with E-state index in [1.165, 1.54) is 7.11 Å². The lowest BCUT2D eigenvalue weighted by Gasteiger charge is -2.19. The van der Waals surface area contributed by atoms with Gasteiger partial charge in [0.15, 0.2) is 11.5 Å². The molecule has 1 aromatic heterocycles. The molecule has 0 aliphatic carbocycles. The zero-order valence-electron chi connectivity index (χ0n) is 35.2. The number of aliphatic hydroxyl groups is 2.